The second-order valence-corrected chi connectivity index (χ2v) is 11.7. The Morgan fingerprint density at radius 1 is 1.07 bits per heavy atom. The van der Waals surface area contributed by atoms with E-state index >= 15 is 0 Å². The third-order valence-corrected chi connectivity index (χ3v) is 7.83. The van der Waals surface area contributed by atoms with Gasteiger partial charge in [-0.1, -0.05) is 11.8 Å². The number of nitro benzene ring substituents is 1. The zero-order valence-corrected chi connectivity index (χ0v) is 21.7. The van der Waals surface area contributed by atoms with Crippen molar-refractivity contribution in [2.24, 2.45) is 0 Å². The first kappa shape index (κ1) is 30.0. The van der Waals surface area contributed by atoms with Crippen LogP contribution in [0.4, 0.5) is 38.0 Å². The molecule has 2 heterocycles. The minimum atomic E-state index is -4.96. The van der Waals surface area contributed by atoms with Gasteiger partial charge in [-0.15, -0.1) is 0 Å². The molecule has 1 saturated carbocycles. The molecule has 0 atom stereocenters. The molecule has 4 rings (SSSR count). The third-order valence-electron chi connectivity index (χ3n) is 5.36. The Kier molecular flexibility index (Phi) is 8.33. The lowest BCUT2D eigenvalue weighted by molar-refractivity contribution is -0.384. The van der Waals surface area contributed by atoms with Crippen LogP contribution >= 0.6 is 19.4 Å². The minimum absolute atomic E-state index is 0.0138. The number of nitro groups is 1. The number of nitrogens with zero attached hydrogens (tertiary/aromatic N) is 5. The van der Waals surface area contributed by atoms with E-state index in [1.165, 1.54) is 35.2 Å². The van der Waals surface area contributed by atoms with Crippen LogP contribution in [0.15, 0.2) is 40.5 Å². The fourth-order valence-electron chi connectivity index (χ4n) is 3.34. The molecule has 0 aliphatic heterocycles. The summed E-state index contributed by atoms with van der Waals surface area (Å²) in [6.07, 6.45) is -9.05. The highest BCUT2D eigenvalue weighted by Gasteiger charge is 2.48. The molecule has 12 nitrogen and oxygen atoms in total. The molecule has 3 aromatic rings. The fourth-order valence-corrected chi connectivity index (χ4v) is 5.55. The molecule has 0 amide bonds. The van der Waals surface area contributed by atoms with Crippen molar-refractivity contribution in [2.75, 3.05) is 25.3 Å². The highest BCUT2D eigenvalue weighted by atomic mass is 32.2. The molecule has 0 spiro atoms. The Hall–Kier alpha value is -2.99. The number of aromatic nitrogens is 4. The van der Waals surface area contributed by atoms with Crippen LogP contribution < -0.4 is 5.73 Å². The van der Waals surface area contributed by atoms with Crippen LogP contribution in [0.1, 0.15) is 12.8 Å². The summed E-state index contributed by atoms with van der Waals surface area (Å²) in [6.45, 7) is -4.19. The Labute approximate surface area is 224 Å². The molecule has 2 aromatic heterocycles. The predicted octanol–water partition coefficient (Wildman–Crippen LogP) is 5.33. The summed E-state index contributed by atoms with van der Waals surface area (Å²) in [5.41, 5.74) is 5.19. The number of nitrogens with two attached hydrogens (primary N) is 1. The van der Waals surface area contributed by atoms with Crippen LogP contribution in [-0.4, -0.2) is 62.0 Å². The number of fused-ring (bicyclic) bond motifs is 1. The Bertz CT molecular complexity index is 1410. The molecule has 0 unspecified atom stereocenters. The summed E-state index contributed by atoms with van der Waals surface area (Å²) < 4.78 is 104. The second kappa shape index (κ2) is 11.1. The average molecular weight is 616 g/mol. The number of non-ortho nitro benzene ring substituents is 1. The Balaban J connectivity index is 1.49. The van der Waals surface area contributed by atoms with Gasteiger partial charge in [0.15, 0.2) is 18.9 Å². The average Bonchev–Trinajstić information content (AvgIpc) is 3.52. The van der Waals surface area contributed by atoms with E-state index in [9.17, 15) is 41.0 Å². The zero-order chi connectivity index (χ0) is 29.3. The van der Waals surface area contributed by atoms with Gasteiger partial charge in [0.05, 0.1) is 23.4 Å². The molecule has 0 bridgehead atoms. The van der Waals surface area contributed by atoms with Crippen molar-refractivity contribution in [1.29, 1.82) is 0 Å². The lowest BCUT2D eigenvalue weighted by atomic mass is 10.3. The van der Waals surface area contributed by atoms with Gasteiger partial charge in [0.2, 0.25) is 5.95 Å². The summed E-state index contributed by atoms with van der Waals surface area (Å²) in [6, 6.07) is 5.65. The van der Waals surface area contributed by atoms with Crippen molar-refractivity contribution in [2.45, 2.75) is 47.3 Å². The van der Waals surface area contributed by atoms with Gasteiger partial charge < -0.3 is 15.0 Å². The van der Waals surface area contributed by atoms with Crippen molar-refractivity contribution < 1.29 is 49.6 Å². The smallest absolute Gasteiger partial charge is 0.368 e. The van der Waals surface area contributed by atoms with Gasteiger partial charge in [-0.2, -0.15) is 31.3 Å². The third kappa shape index (κ3) is 8.03. The Morgan fingerprint density at radius 3 is 2.20 bits per heavy atom. The maximum atomic E-state index is 12.7. The number of hydrogen-bond donors (Lipinski definition) is 1. The van der Waals surface area contributed by atoms with E-state index in [0.717, 1.165) is 11.8 Å². The lowest BCUT2D eigenvalue weighted by Gasteiger charge is -2.23. The van der Waals surface area contributed by atoms with Gasteiger partial charge in [0.1, 0.15) is 16.9 Å². The van der Waals surface area contributed by atoms with Crippen LogP contribution in [0.2, 0.25) is 0 Å². The number of halogens is 6. The van der Waals surface area contributed by atoms with E-state index in [-0.39, 0.29) is 23.8 Å². The molecule has 1 fully saturated rings. The van der Waals surface area contributed by atoms with Gasteiger partial charge >= 0.3 is 19.9 Å². The van der Waals surface area contributed by atoms with Gasteiger partial charge in [-0.05, 0) is 25.0 Å². The summed E-state index contributed by atoms with van der Waals surface area (Å²) in [7, 11) is -4.95. The fraction of sp³-hybridized carbons (Fsp3) is 0.450. The molecule has 218 valence electrons. The molecule has 20 heteroatoms. The number of alkyl halides is 6. The van der Waals surface area contributed by atoms with Crippen LogP contribution in [0, 0.1) is 10.1 Å². The highest BCUT2D eigenvalue weighted by molar-refractivity contribution is 7.99. The quantitative estimate of drug-likeness (QED) is 0.0923. The number of hydrogen-bond acceptors (Lipinski definition) is 11. The molecule has 2 N–H and O–H groups in total. The topological polar surface area (TPSA) is 158 Å². The minimum Gasteiger partial charge on any atom is -0.368 e. The number of imidazole rings is 1. The number of rotatable bonds is 12. The maximum Gasteiger partial charge on any atom is 0.412 e. The highest BCUT2D eigenvalue weighted by Crippen LogP contribution is 2.53. The van der Waals surface area contributed by atoms with E-state index < -0.39 is 50.0 Å². The number of anilines is 1. The summed E-state index contributed by atoms with van der Waals surface area (Å²) >= 11 is 1.11. The maximum absolute atomic E-state index is 12.7. The monoisotopic (exact) mass is 616 g/mol. The Morgan fingerprint density at radius 2 is 1.68 bits per heavy atom. The lowest BCUT2D eigenvalue weighted by Crippen LogP contribution is -2.25. The molecule has 0 radical (unpaired) electrons. The largest absolute Gasteiger partial charge is 0.412 e. The molecule has 1 aliphatic rings. The van der Waals surface area contributed by atoms with Gasteiger partial charge in [0.25, 0.3) is 5.69 Å². The summed E-state index contributed by atoms with van der Waals surface area (Å²) in [5.74, 6) is -0.130. The van der Waals surface area contributed by atoms with Crippen molar-refractivity contribution in [3.8, 4) is 0 Å². The summed E-state index contributed by atoms with van der Waals surface area (Å²) in [5, 5.41) is 11.2. The zero-order valence-electron chi connectivity index (χ0n) is 20.0. The first-order chi connectivity index (χ1) is 18.6. The van der Waals surface area contributed by atoms with Crippen LogP contribution in [-0.2, 0) is 24.9 Å². The van der Waals surface area contributed by atoms with E-state index in [0.29, 0.717) is 28.3 Å². The predicted molar refractivity (Wildman–Crippen MR) is 126 cm³/mol. The van der Waals surface area contributed by atoms with E-state index in [1.54, 1.807) is 0 Å². The van der Waals surface area contributed by atoms with Crippen LogP contribution in [0.25, 0.3) is 11.2 Å². The molecule has 1 aliphatic carbocycles. The van der Waals surface area contributed by atoms with Gasteiger partial charge in [-0.25, -0.2) is 9.97 Å². The number of benzene rings is 1. The summed E-state index contributed by atoms with van der Waals surface area (Å²) in [4.78, 5) is 23.5. The molecule has 1 aromatic carbocycles. The molecule has 0 saturated heterocycles. The SMILES string of the molecule is Nc1nc(Sc2ccc([N+](=O)[O-])cc2)c2ncn(CC3(OCP(=O)(OCC(F)(F)F)OCC(F)(F)F)CC3)c2n1. The molecular weight excluding hydrogens is 597 g/mol. The normalized spacial score (nSPS) is 15.4. The van der Waals surface area contributed by atoms with Crippen molar-refractivity contribution in [1.82, 2.24) is 19.5 Å². The van der Waals surface area contributed by atoms with Crippen molar-refractivity contribution >= 4 is 42.2 Å². The first-order valence-corrected chi connectivity index (χ1v) is 13.7. The molecular formula is C20H19F6N6O6PS. The first-order valence-electron chi connectivity index (χ1n) is 11.1. The van der Waals surface area contributed by atoms with E-state index in [2.05, 4.69) is 24.0 Å². The van der Waals surface area contributed by atoms with Crippen LogP contribution in [0.3, 0.4) is 0 Å². The molecule has 40 heavy (non-hydrogen) atoms. The van der Waals surface area contributed by atoms with Gasteiger partial charge in [0, 0.05) is 17.0 Å². The van der Waals surface area contributed by atoms with E-state index in [1.807, 2.05) is 0 Å². The standard InChI is InChI=1S/C20H19F6N6O6PS/c21-19(22,23)8-37-39(35,38-9-20(24,25)26)11-36-18(5-6-18)7-31-10-28-14-15(31)29-17(27)30-16(14)40-13-3-1-12(2-4-13)32(33)34/h1-4,10H,5-9,11H2,(H2,27,29,30). The van der Waals surface area contributed by atoms with Crippen LogP contribution in [0.5, 0.6) is 0 Å². The van der Waals surface area contributed by atoms with Crippen molar-refractivity contribution in [3.05, 3.63) is 40.7 Å². The van der Waals surface area contributed by atoms with Gasteiger partial charge in [-0.3, -0.25) is 23.7 Å². The number of ether oxygens (including phenoxy) is 1. The number of nitrogen functional groups attached to an aromatic ring is 1. The van der Waals surface area contributed by atoms with E-state index in [4.69, 9.17) is 10.5 Å². The second-order valence-electron chi connectivity index (χ2n) is 8.63. The van der Waals surface area contributed by atoms with Crippen molar-refractivity contribution in [3.63, 3.8) is 0 Å².